The van der Waals surface area contributed by atoms with Crippen LogP contribution in [0.4, 0.5) is 0 Å². The predicted octanol–water partition coefficient (Wildman–Crippen LogP) is 3.76. The molecule has 4 heteroatoms. The van der Waals surface area contributed by atoms with Gasteiger partial charge >= 0.3 is 5.97 Å². The lowest BCUT2D eigenvalue weighted by molar-refractivity contribution is -0.149. The number of ether oxygens (including phenoxy) is 1. The van der Waals surface area contributed by atoms with Gasteiger partial charge in [-0.2, -0.15) is 0 Å². The molecule has 0 saturated carbocycles. The molecule has 0 fully saturated rings. The minimum Gasteiger partial charge on any atom is -0.457 e. The highest BCUT2D eigenvalue weighted by molar-refractivity contribution is 7.10. The molecule has 0 aliphatic carbocycles. The van der Waals surface area contributed by atoms with E-state index in [1.54, 1.807) is 11.3 Å². The molecule has 1 heterocycles. The molecule has 1 atom stereocenters. The number of esters is 1. The van der Waals surface area contributed by atoms with E-state index in [0.717, 1.165) is 11.3 Å². The minimum atomic E-state index is -0.165. The number of halogens is 1. The molecule has 1 rings (SSSR count). The molecule has 0 N–H and O–H groups in total. The van der Waals surface area contributed by atoms with Crippen molar-refractivity contribution >= 4 is 28.9 Å². The van der Waals surface area contributed by atoms with Crippen molar-refractivity contribution in [1.82, 2.24) is 0 Å². The Labute approximate surface area is 99.2 Å². The van der Waals surface area contributed by atoms with Crippen LogP contribution in [0.3, 0.4) is 0 Å². The molecule has 0 bridgehead atoms. The standard InChI is InChI=1S/C11H15ClO2S/c1-2-4-11(13)14-9(6-7-12)10-5-3-8-15-10/h3,5,8-9H,2,4,6-7H2,1H3/t9-/m1/s1. The number of alkyl halides is 1. The molecule has 0 saturated heterocycles. The maximum absolute atomic E-state index is 11.4. The van der Waals surface area contributed by atoms with E-state index < -0.39 is 0 Å². The molecular weight excluding hydrogens is 232 g/mol. The summed E-state index contributed by atoms with van der Waals surface area (Å²) in [6.07, 6.45) is 1.81. The molecule has 15 heavy (non-hydrogen) atoms. The Bertz CT molecular complexity index is 285. The number of carbonyl (C=O) groups is 1. The molecule has 1 aromatic heterocycles. The maximum atomic E-state index is 11.4. The molecule has 0 aromatic carbocycles. The number of carbonyl (C=O) groups excluding carboxylic acids is 1. The van der Waals surface area contributed by atoms with Crippen molar-refractivity contribution in [2.45, 2.75) is 32.3 Å². The summed E-state index contributed by atoms with van der Waals surface area (Å²) < 4.78 is 5.36. The number of rotatable bonds is 6. The Morgan fingerprint density at radius 3 is 3.00 bits per heavy atom. The number of hydrogen-bond donors (Lipinski definition) is 0. The first-order chi connectivity index (χ1) is 7.27. The number of hydrogen-bond acceptors (Lipinski definition) is 3. The Kier molecular flexibility index (Phi) is 5.73. The molecule has 0 radical (unpaired) electrons. The third-order valence-corrected chi connectivity index (χ3v) is 3.14. The largest absolute Gasteiger partial charge is 0.457 e. The van der Waals surface area contributed by atoms with Gasteiger partial charge in [0.25, 0.3) is 0 Å². The van der Waals surface area contributed by atoms with Gasteiger partial charge in [0.1, 0.15) is 6.10 Å². The average molecular weight is 247 g/mol. The van der Waals surface area contributed by atoms with Crippen LogP contribution in [0, 0.1) is 0 Å². The zero-order chi connectivity index (χ0) is 11.1. The van der Waals surface area contributed by atoms with Gasteiger partial charge in [0.05, 0.1) is 0 Å². The van der Waals surface area contributed by atoms with Crippen LogP contribution in [-0.4, -0.2) is 11.8 Å². The van der Waals surface area contributed by atoms with Gasteiger partial charge in [-0.3, -0.25) is 4.79 Å². The van der Waals surface area contributed by atoms with Gasteiger partial charge in [-0.15, -0.1) is 22.9 Å². The second-order valence-corrected chi connectivity index (χ2v) is 4.58. The van der Waals surface area contributed by atoms with Gasteiger partial charge in [0.15, 0.2) is 0 Å². The van der Waals surface area contributed by atoms with Crippen LogP contribution >= 0.6 is 22.9 Å². The Balaban J connectivity index is 2.55. The predicted molar refractivity (Wildman–Crippen MR) is 63.4 cm³/mol. The highest BCUT2D eigenvalue weighted by Crippen LogP contribution is 2.26. The second kappa shape index (κ2) is 6.85. The van der Waals surface area contributed by atoms with E-state index >= 15 is 0 Å². The molecule has 0 amide bonds. The van der Waals surface area contributed by atoms with E-state index in [4.69, 9.17) is 16.3 Å². The van der Waals surface area contributed by atoms with Crippen LogP contribution in [0.1, 0.15) is 37.2 Å². The minimum absolute atomic E-state index is 0.138. The molecular formula is C11H15ClO2S. The van der Waals surface area contributed by atoms with E-state index in [1.807, 2.05) is 24.4 Å². The lowest BCUT2D eigenvalue weighted by Crippen LogP contribution is -2.10. The molecule has 0 unspecified atom stereocenters. The quantitative estimate of drug-likeness (QED) is 0.564. The Morgan fingerprint density at radius 1 is 1.67 bits per heavy atom. The van der Waals surface area contributed by atoms with Gasteiger partial charge in [-0.1, -0.05) is 13.0 Å². The summed E-state index contributed by atoms with van der Waals surface area (Å²) >= 11 is 7.28. The van der Waals surface area contributed by atoms with E-state index in [2.05, 4.69) is 0 Å². The first-order valence-corrected chi connectivity index (χ1v) is 6.48. The Hall–Kier alpha value is -0.540. The number of thiophene rings is 1. The lowest BCUT2D eigenvalue weighted by atomic mass is 10.2. The van der Waals surface area contributed by atoms with E-state index in [9.17, 15) is 4.79 Å². The van der Waals surface area contributed by atoms with Gasteiger partial charge in [-0.25, -0.2) is 0 Å². The van der Waals surface area contributed by atoms with E-state index in [1.165, 1.54) is 0 Å². The van der Waals surface area contributed by atoms with Crippen molar-refractivity contribution in [3.63, 3.8) is 0 Å². The van der Waals surface area contributed by atoms with Crippen LogP contribution in [-0.2, 0) is 9.53 Å². The average Bonchev–Trinajstić information content (AvgIpc) is 2.70. The highest BCUT2D eigenvalue weighted by Gasteiger charge is 2.16. The molecule has 0 aliphatic heterocycles. The smallest absolute Gasteiger partial charge is 0.306 e. The molecule has 1 aromatic rings. The van der Waals surface area contributed by atoms with Crippen molar-refractivity contribution in [2.75, 3.05) is 5.88 Å². The van der Waals surface area contributed by atoms with Crippen LogP contribution in [0.5, 0.6) is 0 Å². The van der Waals surface area contributed by atoms with Crippen LogP contribution in [0.25, 0.3) is 0 Å². The van der Waals surface area contributed by atoms with Crippen LogP contribution < -0.4 is 0 Å². The topological polar surface area (TPSA) is 26.3 Å². The van der Waals surface area contributed by atoms with E-state index in [0.29, 0.717) is 18.7 Å². The van der Waals surface area contributed by atoms with Crippen molar-refractivity contribution in [3.8, 4) is 0 Å². The zero-order valence-corrected chi connectivity index (χ0v) is 10.3. The summed E-state index contributed by atoms with van der Waals surface area (Å²) in [4.78, 5) is 12.4. The van der Waals surface area contributed by atoms with Crippen molar-refractivity contribution in [1.29, 1.82) is 0 Å². The third kappa shape index (κ3) is 4.22. The maximum Gasteiger partial charge on any atom is 0.306 e. The Morgan fingerprint density at radius 2 is 2.47 bits per heavy atom. The fourth-order valence-corrected chi connectivity index (χ4v) is 2.24. The molecule has 2 nitrogen and oxygen atoms in total. The van der Waals surface area contributed by atoms with Gasteiger partial charge in [-0.05, 0) is 17.9 Å². The second-order valence-electron chi connectivity index (χ2n) is 3.22. The van der Waals surface area contributed by atoms with Crippen LogP contribution in [0.2, 0.25) is 0 Å². The van der Waals surface area contributed by atoms with Gasteiger partial charge < -0.3 is 4.74 Å². The first kappa shape index (κ1) is 12.5. The van der Waals surface area contributed by atoms with Gasteiger partial charge in [0, 0.05) is 23.6 Å². The van der Waals surface area contributed by atoms with Crippen LogP contribution in [0.15, 0.2) is 17.5 Å². The highest BCUT2D eigenvalue weighted by atomic mass is 35.5. The van der Waals surface area contributed by atoms with Gasteiger partial charge in [0.2, 0.25) is 0 Å². The summed E-state index contributed by atoms with van der Waals surface area (Å²) in [5.74, 6) is 0.364. The molecule has 0 aliphatic rings. The van der Waals surface area contributed by atoms with Crippen molar-refractivity contribution < 1.29 is 9.53 Å². The fourth-order valence-electron chi connectivity index (χ4n) is 1.25. The molecule has 84 valence electrons. The van der Waals surface area contributed by atoms with Crippen molar-refractivity contribution in [2.24, 2.45) is 0 Å². The summed E-state index contributed by atoms with van der Waals surface area (Å²) in [5.41, 5.74) is 0. The third-order valence-electron chi connectivity index (χ3n) is 1.96. The lowest BCUT2D eigenvalue weighted by Gasteiger charge is -2.15. The summed E-state index contributed by atoms with van der Waals surface area (Å²) in [7, 11) is 0. The summed E-state index contributed by atoms with van der Waals surface area (Å²) in [6.45, 7) is 1.96. The SMILES string of the molecule is CCCC(=O)O[C@H](CCCl)c1cccs1. The first-order valence-electron chi connectivity index (χ1n) is 5.06. The van der Waals surface area contributed by atoms with E-state index in [-0.39, 0.29) is 12.1 Å². The zero-order valence-electron chi connectivity index (χ0n) is 8.74. The fraction of sp³-hybridized carbons (Fsp3) is 0.545. The monoisotopic (exact) mass is 246 g/mol. The van der Waals surface area contributed by atoms with Crippen molar-refractivity contribution in [3.05, 3.63) is 22.4 Å². The summed E-state index contributed by atoms with van der Waals surface area (Å²) in [6, 6.07) is 3.93. The summed E-state index contributed by atoms with van der Waals surface area (Å²) in [5, 5.41) is 1.98. The molecule has 0 spiro atoms. The normalized spacial score (nSPS) is 12.4.